The van der Waals surface area contributed by atoms with Gasteiger partial charge in [0.2, 0.25) is 0 Å². The maximum atomic E-state index is 13.8. The van der Waals surface area contributed by atoms with Crippen LogP contribution in [0.5, 0.6) is 0 Å². The summed E-state index contributed by atoms with van der Waals surface area (Å²) in [5.74, 6) is 0.840. The molecule has 0 unspecified atom stereocenters. The average molecular weight is 282 g/mol. The van der Waals surface area contributed by atoms with Crippen LogP contribution in [-0.2, 0) is 13.0 Å². The smallest absolute Gasteiger partial charge is 0.159 e. The van der Waals surface area contributed by atoms with Crippen LogP contribution in [0.15, 0.2) is 18.2 Å². The van der Waals surface area contributed by atoms with Crippen molar-refractivity contribution in [3.63, 3.8) is 0 Å². The second-order valence-electron chi connectivity index (χ2n) is 4.67. The molecule has 100 valence electrons. The Kier molecular flexibility index (Phi) is 3.24. The highest BCUT2D eigenvalue weighted by molar-refractivity contribution is 6.31. The molecule has 1 saturated carbocycles. The Morgan fingerprint density at radius 1 is 1.32 bits per heavy atom. The lowest BCUT2D eigenvalue weighted by molar-refractivity contribution is 0.264. The van der Waals surface area contributed by atoms with Crippen LogP contribution in [0.1, 0.15) is 36.1 Å². The number of hydrogen-bond acceptors (Lipinski definition) is 3. The van der Waals surface area contributed by atoms with Gasteiger partial charge in [-0.2, -0.15) is 0 Å². The van der Waals surface area contributed by atoms with E-state index in [1.165, 1.54) is 6.07 Å². The second kappa shape index (κ2) is 4.90. The highest BCUT2D eigenvalue weighted by atomic mass is 35.5. The van der Waals surface area contributed by atoms with E-state index in [4.69, 9.17) is 11.6 Å². The van der Waals surface area contributed by atoms with Gasteiger partial charge in [0.05, 0.1) is 0 Å². The summed E-state index contributed by atoms with van der Waals surface area (Å²) in [6.07, 6.45) is 2.38. The molecule has 0 saturated heterocycles. The van der Waals surface area contributed by atoms with Crippen LogP contribution in [-0.4, -0.2) is 19.9 Å². The second-order valence-corrected chi connectivity index (χ2v) is 5.08. The minimum absolute atomic E-state index is 0.158. The van der Waals surface area contributed by atoms with Gasteiger partial charge in [-0.3, -0.25) is 0 Å². The van der Waals surface area contributed by atoms with Gasteiger partial charge in [-0.15, -0.1) is 10.2 Å². The number of aliphatic hydroxyl groups excluding tert-OH is 1. The molecule has 1 heterocycles. The van der Waals surface area contributed by atoms with E-state index in [-0.39, 0.29) is 18.8 Å². The zero-order valence-corrected chi connectivity index (χ0v) is 10.9. The van der Waals surface area contributed by atoms with Crippen molar-refractivity contribution >= 4 is 11.6 Å². The highest BCUT2D eigenvalue weighted by Gasteiger charge is 2.29. The third kappa shape index (κ3) is 2.35. The van der Waals surface area contributed by atoms with E-state index in [9.17, 15) is 9.50 Å². The molecule has 0 bridgehead atoms. The molecule has 1 fully saturated rings. The maximum Gasteiger partial charge on any atom is 0.159 e. The topological polar surface area (TPSA) is 50.9 Å². The summed E-state index contributed by atoms with van der Waals surface area (Å²) in [6.45, 7) is -0.158. The van der Waals surface area contributed by atoms with Crippen molar-refractivity contribution in [1.29, 1.82) is 0 Å². The van der Waals surface area contributed by atoms with E-state index < -0.39 is 0 Å². The lowest BCUT2D eigenvalue weighted by atomic mass is 10.1. The normalized spacial score (nSPS) is 14.9. The Morgan fingerprint density at radius 3 is 2.68 bits per heavy atom. The zero-order valence-electron chi connectivity index (χ0n) is 10.2. The molecule has 19 heavy (non-hydrogen) atoms. The predicted octanol–water partition coefficient (Wildman–Crippen LogP) is 2.49. The molecule has 1 aromatic carbocycles. The first-order valence-corrected chi connectivity index (χ1v) is 6.55. The first-order valence-electron chi connectivity index (χ1n) is 6.17. The van der Waals surface area contributed by atoms with Crippen LogP contribution in [0, 0.1) is 5.82 Å². The van der Waals surface area contributed by atoms with E-state index in [0.29, 0.717) is 28.3 Å². The van der Waals surface area contributed by atoms with Crippen LogP contribution >= 0.6 is 11.6 Å². The number of aliphatic hydroxyl groups is 1. The molecule has 0 spiro atoms. The van der Waals surface area contributed by atoms with Crippen LogP contribution in [0.4, 0.5) is 4.39 Å². The zero-order chi connectivity index (χ0) is 13.4. The lowest BCUT2D eigenvalue weighted by Gasteiger charge is -2.09. The largest absolute Gasteiger partial charge is 0.388 e. The summed E-state index contributed by atoms with van der Waals surface area (Å²) in [4.78, 5) is 0. The Hall–Kier alpha value is -1.46. The first kappa shape index (κ1) is 12.6. The van der Waals surface area contributed by atoms with Gasteiger partial charge in [-0.1, -0.05) is 17.7 Å². The quantitative estimate of drug-likeness (QED) is 0.937. The molecule has 0 atom stereocenters. The number of hydrogen-bond donors (Lipinski definition) is 1. The molecular weight excluding hydrogens is 269 g/mol. The van der Waals surface area contributed by atoms with Gasteiger partial charge in [0, 0.05) is 23.0 Å². The standard InChI is InChI=1S/C13H13ClFN3O/c14-10-2-1-3-11(15)9(10)6-12-16-17-13(7-19)18(12)8-4-5-8/h1-3,8,19H,4-7H2. The van der Waals surface area contributed by atoms with Gasteiger partial charge in [-0.25, -0.2) is 4.39 Å². The minimum atomic E-state index is -0.344. The van der Waals surface area contributed by atoms with Crippen molar-refractivity contribution in [3.05, 3.63) is 46.3 Å². The summed E-state index contributed by atoms with van der Waals surface area (Å²) in [5.41, 5.74) is 0.419. The fraction of sp³-hybridized carbons (Fsp3) is 0.385. The minimum Gasteiger partial charge on any atom is -0.388 e. The van der Waals surface area contributed by atoms with E-state index in [2.05, 4.69) is 10.2 Å². The molecule has 0 aliphatic heterocycles. The SMILES string of the molecule is OCc1nnc(Cc2c(F)cccc2Cl)n1C1CC1. The lowest BCUT2D eigenvalue weighted by Crippen LogP contribution is -2.07. The molecule has 0 radical (unpaired) electrons. The Bertz CT molecular complexity index is 590. The van der Waals surface area contributed by atoms with Crippen molar-refractivity contribution in [1.82, 2.24) is 14.8 Å². The number of nitrogens with zero attached hydrogens (tertiary/aromatic N) is 3. The fourth-order valence-corrected chi connectivity index (χ4v) is 2.43. The van der Waals surface area contributed by atoms with Crippen molar-refractivity contribution in [2.75, 3.05) is 0 Å². The molecule has 2 aromatic rings. The monoisotopic (exact) mass is 281 g/mol. The van der Waals surface area contributed by atoms with Gasteiger partial charge < -0.3 is 9.67 Å². The number of aromatic nitrogens is 3. The van der Waals surface area contributed by atoms with Gasteiger partial charge in [-0.05, 0) is 25.0 Å². The molecular formula is C13H13ClFN3O. The van der Waals surface area contributed by atoms with Crippen molar-refractivity contribution in [2.24, 2.45) is 0 Å². The average Bonchev–Trinajstić information content (AvgIpc) is 3.15. The van der Waals surface area contributed by atoms with Gasteiger partial charge in [0.15, 0.2) is 5.82 Å². The van der Waals surface area contributed by atoms with Crippen molar-refractivity contribution < 1.29 is 9.50 Å². The van der Waals surface area contributed by atoms with Crippen molar-refractivity contribution in [2.45, 2.75) is 31.9 Å². The van der Waals surface area contributed by atoms with Crippen molar-refractivity contribution in [3.8, 4) is 0 Å². The maximum absolute atomic E-state index is 13.8. The molecule has 0 amide bonds. The molecule has 4 nitrogen and oxygen atoms in total. The molecule has 1 aliphatic rings. The molecule has 1 N–H and O–H groups in total. The summed E-state index contributed by atoms with van der Waals surface area (Å²) in [6, 6.07) is 4.94. The Morgan fingerprint density at radius 2 is 2.05 bits per heavy atom. The Labute approximate surface area is 114 Å². The number of benzene rings is 1. The van der Waals surface area contributed by atoms with Crippen LogP contribution in [0.2, 0.25) is 5.02 Å². The summed E-state index contributed by atoms with van der Waals surface area (Å²) in [7, 11) is 0. The third-order valence-electron chi connectivity index (χ3n) is 3.29. The third-order valence-corrected chi connectivity index (χ3v) is 3.64. The van der Waals surface area contributed by atoms with E-state index in [1.807, 2.05) is 4.57 Å². The summed E-state index contributed by atoms with van der Waals surface area (Å²) in [5, 5.41) is 17.6. The van der Waals surface area contributed by atoms with Gasteiger partial charge in [0.25, 0.3) is 0 Å². The molecule has 6 heteroatoms. The summed E-state index contributed by atoms with van der Waals surface area (Å²) < 4.78 is 15.7. The van der Waals surface area contributed by atoms with Crippen LogP contribution in [0.3, 0.4) is 0 Å². The first-order chi connectivity index (χ1) is 9.20. The molecule has 1 aliphatic carbocycles. The Balaban J connectivity index is 1.97. The van der Waals surface area contributed by atoms with E-state index in [0.717, 1.165) is 12.8 Å². The van der Waals surface area contributed by atoms with Crippen LogP contribution in [0.25, 0.3) is 0 Å². The number of halogens is 2. The highest BCUT2D eigenvalue weighted by Crippen LogP contribution is 2.37. The summed E-state index contributed by atoms with van der Waals surface area (Å²) >= 11 is 6.02. The van der Waals surface area contributed by atoms with Gasteiger partial charge in [0.1, 0.15) is 18.2 Å². The predicted molar refractivity (Wildman–Crippen MR) is 68.4 cm³/mol. The molecule has 3 rings (SSSR count). The van der Waals surface area contributed by atoms with E-state index in [1.54, 1.807) is 12.1 Å². The van der Waals surface area contributed by atoms with E-state index >= 15 is 0 Å². The van der Waals surface area contributed by atoms with Gasteiger partial charge >= 0.3 is 0 Å². The molecule has 1 aromatic heterocycles. The van der Waals surface area contributed by atoms with Crippen LogP contribution < -0.4 is 0 Å². The fourth-order valence-electron chi connectivity index (χ4n) is 2.20. The number of rotatable bonds is 4.